The molecule has 7 nitrogen and oxygen atoms in total. The van der Waals surface area contributed by atoms with Gasteiger partial charge in [-0.25, -0.2) is 4.98 Å². The fraction of sp³-hybridized carbons (Fsp3) is 0.394. The zero-order valence-corrected chi connectivity index (χ0v) is 24.2. The quantitative estimate of drug-likeness (QED) is 0.289. The molecule has 1 N–H and O–H groups in total. The van der Waals surface area contributed by atoms with E-state index in [2.05, 4.69) is 44.0 Å². The van der Waals surface area contributed by atoms with Crippen molar-refractivity contribution in [2.75, 3.05) is 46.4 Å². The maximum atomic E-state index is 13.3. The number of alkyl halides is 3. The second kappa shape index (κ2) is 12.4. The van der Waals surface area contributed by atoms with Gasteiger partial charge in [-0.15, -0.1) is 0 Å². The molecule has 0 unspecified atom stereocenters. The molecule has 0 spiro atoms. The van der Waals surface area contributed by atoms with Crippen LogP contribution in [0.25, 0.3) is 10.9 Å². The average Bonchev–Trinajstić information content (AvgIpc) is 3.45. The normalized spacial score (nSPS) is 17.4. The van der Waals surface area contributed by atoms with Crippen LogP contribution in [0.3, 0.4) is 0 Å². The summed E-state index contributed by atoms with van der Waals surface area (Å²) >= 11 is 0. The molecule has 2 aromatic heterocycles. The molecular weight excluding hydrogens is 555 g/mol. The van der Waals surface area contributed by atoms with Gasteiger partial charge in [-0.2, -0.15) is 13.2 Å². The van der Waals surface area contributed by atoms with Crippen LogP contribution in [0.4, 0.5) is 13.2 Å². The lowest BCUT2D eigenvalue weighted by Gasteiger charge is -2.34. The highest BCUT2D eigenvalue weighted by molar-refractivity contribution is 5.98. The highest BCUT2D eigenvalue weighted by Gasteiger charge is 2.30. The van der Waals surface area contributed by atoms with Crippen molar-refractivity contribution in [3.8, 4) is 5.88 Å². The first-order valence-electron chi connectivity index (χ1n) is 14.8. The van der Waals surface area contributed by atoms with E-state index in [0.717, 1.165) is 61.1 Å². The molecule has 0 atom stereocenters. The van der Waals surface area contributed by atoms with Crippen LogP contribution < -0.4 is 4.74 Å². The summed E-state index contributed by atoms with van der Waals surface area (Å²) in [5.74, 6) is 1.10. The summed E-state index contributed by atoms with van der Waals surface area (Å²) in [6.07, 6.45) is -0.277. The van der Waals surface area contributed by atoms with Gasteiger partial charge in [0, 0.05) is 62.4 Å². The summed E-state index contributed by atoms with van der Waals surface area (Å²) in [5, 5.41) is 1.05. The fourth-order valence-electron chi connectivity index (χ4n) is 6.16. The number of nitrogens with zero attached hydrogens (tertiary/aromatic N) is 4. The number of benzene rings is 2. The summed E-state index contributed by atoms with van der Waals surface area (Å²) in [6.45, 7) is 5.99. The number of likely N-dealkylation sites (tertiary alicyclic amines) is 1. The molecule has 6 rings (SSSR count). The van der Waals surface area contributed by atoms with Crippen molar-refractivity contribution < 1.29 is 22.7 Å². The van der Waals surface area contributed by atoms with E-state index in [1.807, 2.05) is 23.2 Å². The number of amides is 1. The Kier molecular flexibility index (Phi) is 8.41. The van der Waals surface area contributed by atoms with E-state index in [1.165, 1.54) is 23.3 Å². The third-order valence-electron chi connectivity index (χ3n) is 8.69. The van der Waals surface area contributed by atoms with Crippen LogP contribution in [-0.4, -0.2) is 77.0 Å². The second-order valence-corrected chi connectivity index (χ2v) is 11.6. The lowest BCUT2D eigenvalue weighted by Crippen LogP contribution is -2.48. The smallest absolute Gasteiger partial charge is 0.416 e. The first kappa shape index (κ1) is 29.2. The van der Waals surface area contributed by atoms with Crippen LogP contribution in [0.15, 0.2) is 66.9 Å². The number of halogens is 3. The van der Waals surface area contributed by atoms with E-state index in [4.69, 9.17) is 4.74 Å². The molecule has 226 valence electrons. The zero-order valence-electron chi connectivity index (χ0n) is 24.2. The van der Waals surface area contributed by atoms with Crippen molar-refractivity contribution in [1.29, 1.82) is 0 Å². The van der Waals surface area contributed by atoms with Gasteiger partial charge in [-0.1, -0.05) is 24.3 Å². The highest BCUT2D eigenvalue weighted by Crippen LogP contribution is 2.32. The lowest BCUT2D eigenvalue weighted by molar-refractivity contribution is -0.137. The molecule has 2 aliphatic rings. The Morgan fingerprint density at radius 2 is 1.56 bits per heavy atom. The van der Waals surface area contributed by atoms with Gasteiger partial charge < -0.3 is 14.6 Å². The number of rotatable bonds is 7. The summed E-state index contributed by atoms with van der Waals surface area (Å²) in [4.78, 5) is 27.4. The molecule has 0 radical (unpaired) electrons. The lowest BCUT2D eigenvalue weighted by atomic mass is 9.89. The number of pyridine rings is 1. The number of fused-ring (bicyclic) bond motifs is 1. The topological polar surface area (TPSA) is 64.7 Å². The molecule has 2 aromatic carbocycles. The van der Waals surface area contributed by atoms with Crippen LogP contribution in [0.1, 0.15) is 51.5 Å². The molecule has 4 aromatic rings. The minimum absolute atomic E-state index is 0.0201. The monoisotopic (exact) mass is 591 g/mol. The van der Waals surface area contributed by atoms with Gasteiger partial charge in [0.05, 0.1) is 12.7 Å². The second-order valence-electron chi connectivity index (χ2n) is 11.6. The Bertz CT molecular complexity index is 1540. The van der Waals surface area contributed by atoms with Crippen LogP contribution in [0, 0.1) is 0 Å². The van der Waals surface area contributed by atoms with Gasteiger partial charge in [-0.05, 0) is 78.9 Å². The Morgan fingerprint density at radius 3 is 2.21 bits per heavy atom. The molecule has 1 amide bonds. The maximum absolute atomic E-state index is 13.3. The van der Waals surface area contributed by atoms with Crippen LogP contribution in [0.2, 0.25) is 0 Å². The molecule has 10 heteroatoms. The predicted molar refractivity (Wildman–Crippen MR) is 159 cm³/mol. The molecule has 4 heterocycles. The minimum atomic E-state index is -4.33. The van der Waals surface area contributed by atoms with Crippen molar-refractivity contribution >= 4 is 16.8 Å². The molecule has 0 aliphatic carbocycles. The first-order valence-corrected chi connectivity index (χ1v) is 14.8. The van der Waals surface area contributed by atoms with Crippen molar-refractivity contribution in [3.63, 3.8) is 0 Å². The number of H-pyrrole nitrogens is 1. The first-order chi connectivity index (χ1) is 20.7. The van der Waals surface area contributed by atoms with Gasteiger partial charge >= 0.3 is 6.18 Å². The van der Waals surface area contributed by atoms with E-state index >= 15 is 0 Å². The van der Waals surface area contributed by atoms with Gasteiger partial charge in [0.15, 0.2) is 0 Å². The van der Waals surface area contributed by atoms with E-state index in [-0.39, 0.29) is 5.91 Å². The summed E-state index contributed by atoms with van der Waals surface area (Å²) in [7, 11) is 1.62. The number of nitrogens with one attached hydrogen (secondary N) is 1. The number of hydrogen-bond donors (Lipinski definition) is 1. The van der Waals surface area contributed by atoms with Crippen molar-refractivity contribution in [2.45, 2.75) is 38.0 Å². The molecule has 2 saturated heterocycles. The number of ether oxygens (including phenoxy) is 1. The van der Waals surface area contributed by atoms with E-state index in [9.17, 15) is 18.0 Å². The minimum Gasteiger partial charge on any atom is -0.481 e. The molecule has 2 aliphatic heterocycles. The standard InChI is InChI=1S/C33H36F3N5O2/c1-43-31-9-4-24(20-37-31)22-39-12-10-25(11-13-39)26-5-8-29-27(18-26)19-30(38-29)32(42)41-16-14-40(15-17-41)21-23-2-6-28(7-3-23)33(34,35)36/h2-9,18-20,25,38H,10-17,21-22H2,1H3. The number of carbonyl (C=O) groups excluding carboxylic acids is 1. The van der Waals surface area contributed by atoms with E-state index < -0.39 is 11.7 Å². The van der Waals surface area contributed by atoms with Gasteiger partial charge in [0.25, 0.3) is 5.91 Å². The number of aromatic nitrogens is 2. The Labute approximate surface area is 249 Å². The number of methoxy groups -OCH3 is 1. The van der Waals surface area contributed by atoms with E-state index in [1.54, 1.807) is 7.11 Å². The van der Waals surface area contributed by atoms with Gasteiger partial charge in [-0.3, -0.25) is 14.6 Å². The summed E-state index contributed by atoms with van der Waals surface area (Å²) < 4.78 is 43.7. The molecule has 0 saturated carbocycles. The molecule has 0 bridgehead atoms. The van der Waals surface area contributed by atoms with Crippen LogP contribution >= 0.6 is 0 Å². The number of piperazine rings is 1. The number of aromatic amines is 1. The maximum Gasteiger partial charge on any atom is 0.416 e. The van der Waals surface area contributed by atoms with Crippen LogP contribution in [0.5, 0.6) is 5.88 Å². The number of carbonyl (C=O) groups is 1. The third-order valence-corrected chi connectivity index (χ3v) is 8.69. The Balaban J connectivity index is 1.01. The predicted octanol–water partition coefficient (Wildman–Crippen LogP) is 5.93. The van der Waals surface area contributed by atoms with E-state index in [0.29, 0.717) is 50.2 Å². The molecule has 2 fully saturated rings. The average molecular weight is 592 g/mol. The van der Waals surface area contributed by atoms with Crippen molar-refractivity contribution in [2.24, 2.45) is 0 Å². The zero-order chi connectivity index (χ0) is 30.0. The molecular formula is C33H36F3N5O2. The van der Waals surface area contributed by atoms with Crippen molar-refractivity contribution in [3.05, 3.63) is 94.8 Å². The number of piperidine rings is 1. The van der Waals surface area contributed by atoms with Crippen molar-refractivity contribution in [1.82, 2.24) is 24.7 Å². The Hall–Kier alpha value is -3.89. The SMILES string of the molecule is COc1ccc(CN2CCC(c3ccc4[nH]c(C(=O)N5CCN(Cc6ccc(C(F)(F)F)cc6)CC5)cc4c3)CC2)cn1. The number of hydrogen-bond acceptors (Lipinski definition) is 5. The fourth-order valence-corrected chi connectivity index (χ4v) is 6.16. The van der Waals surface area contributed by atoms with Gasteiger partial charge in [0.1, 0.15) is 5.69 Å². The summed E-state index contributed by atoms with van der Waals surface area (Å²) in [5.41, 5.74) is 4.24. The largest absolute Gasteiger partial charge is 0.481 e. The van der Waals surface area contributed by atoms with Crippen LogP contribution in [-0.2, 0) is 19.3 Å². The third kappa shape index (κ3) is 6.86. The highest BCUT2D eigenvalue weighted by atomic mass is 19.4. The van der Waals surface area contributed by atoms with Gasteiger partial charge in [0.2, 0.25) is 5.88 Å². The Morgan fingerprint density at radius 1 is 0.884 bits per heavy atom. The molecule has 43 heavy (non-hydrogen) atoms. The summed E-state index contributed by atoms with van der Waals surface area (Å²) in [6, 6.07) is 17.7.